The summed E-state index contributed by atoms with van der Waals surface area (Å²) >= 11 is 3.33. The minimum Gasteiger partial charge on any atom is -0.388 e. The molecule has 2 rings (SSSR count). The third-order valence-electron chi connectivity index (χ3n) is 2.14. The quantitative estimate of drug-likeness (QED) is 0.842. The van der Waals surface area contributed by atoms with Crippen LogP contribution in [-0.2, 0) is 0 Å². The molecule has 1 aromatic heterocycles. The number of aliphatic hydroxyl groups excluding tert-OH is 1. The molecule has 0 amide bonds. The number of halogens is 1. The Morgan fingerprint density at radius 2 is 2.25 bits per heavy atom. The number of nitrogens with zero attached hydrogens (tertiary/aromatic N) is 1. The van der Waals surface area contributed by atoms with Crippen LogP contribution in [0.3, 0.4) is 0 Å². The highest BCUT2D eigenvalue weighted by Gasteiger charge is 2.30. The van der Waals surface area contributed by atoms with Crippen molar-refractivity contribution in [3.63, 3.8) is 0 Å². The maximum atomic E-state index is 9.72. The molecule has 1 aliphatic rings. The molecule has 2 nitrogen and oxygen atoms in total. The van der Waals surface area contributed by atoms with Gasteiger partial charge < -0.3 is 5.11 Å². The SMILES string of the molecule is OC(c1cncc(Br)c1)C1CC1. The Kier molecular flexibility index (Phi) is 2.15. The highest BCUT2D eigenvalue weighted by Crippen LogP contribution is 2.40. The third-order valence-corrected chi connectivity index (χ3v) is 2.57. The van der Waals surface area contributed by atoms with E-state index in [1.54, 1.807) is 12.4 Å². The van der Waals surface area contributed by atoms with Gasteiger partial charge in [-0.3, -0.25) is 4.98 Å². The molecule has 12 heavy (non-hydrogen) atoms. The fraction of sp³-hybridized carbons (Fsp3) is 0.444. The molecule has 1 aromatic rings. The van der Waals surface area contributed by atoms with Crippen molar-refractivity contribution in [2.75, 3.05) is 0 Å². The van der Waals surface area contributed by atoms with Crippen molar-refractivity contribution < 1.29 is 5.11 Å². The van der Waals surface area contributed by atoms with Crippen LogP contribution in [-0.4, -0.2) is 10.1 Å². The van der Waals surface area contributed by atoms with Crippen molar-refractivity contribution in [2.45, 2.75) is 18.9 Å². The second-order valence-corrected chi connectivity index (χ2v) is 4.13. The van der Waals surface area contributed by atoms with Crippen LogP contribution in [0, 0.1) is 5.92 Å². The predicted octanol–water partition coefficient (Wildman–Crippen LogP) is 2.29. The Morgan fingerprint density at radius 1 is 1.50 bits per heavy atom. The normalized spacial score (nSPS) is 19.2. The average Bonchev–Trinajstić information content (AvgIpc) is 2.85. The second-order valence-electron chi connectivity index (χ2n) is 3.22. The van der Waals surface area contributed by atoms with Gasteiger partial charge >= 0.3 is 0 Å². The van der Waals surface area contributed by atoms with Crippen LogP contribution in [0.25, 0.3) is 0 Å². The van der Waals surface area contributed by atoms with Gasteiger partial charge in [0.2, 0.25) is 0 Å². The van der Waals surface area contributed by atoms with E-state index in [9.17, 15) is 5.11 Å². The van der Waals surface area contributed by atoms with Crippen LogP contribution >= 0.6 is 15.9 Å². The molecule has 1 fully saturated rings. The Morgan fingerprint density at radius 3 is 2.83 bits per heavy atom. The second kappa shape index (κ2) is 3.15. The van der Waals surface area contributed by atoms with Gasteiger partial charge in [-0.2, -0.15) is 0 Å². The highest BCUT2D eigenvalue weighted by molar-refractivity contribution is 9.10. The number of aromatic nitrogens is 1. The molecule has 1 unspecified atom stereocenters. The Balaban J connectivity index is 2.20. The number of hydrogen-bond acceptors (Lipinski definition) is 2. The Labute approximate surface area is 79.8 Å². The van der Waals surface area contributed by atoms with E-state index in [1.807, 2.05) is 6.07 Å². The monoisotopic (exact) mass is 227 g/mol. The molecule has 1 N–H and O–H groups in total. The van der Waals surface area contributed by atoms with Crippen molar-refractivity contribution in [3.8, 4) is 0 Å². The van der Waals surface area contributed by atoms with Crippen molar-refractivity contribution in [3.05, 3.63) is 28.5 Å². The molecule has 0 bridgehead atoms. The molecule has 64 valence electrons. The zero-order chi connectivity index (χ0) is 8.55. The first-order chi connectivity index (χ1) is 5.77. The van der Waals surface area contributed by atoms with E-state index < -0.39 is 0 Å². The van der Waals surface area contributed by atoms with Gasteiger partial charge in [0.15, 0.2) is 0 Å². The maximum absolute atomic E-state index is 9.72. The fourth-order valence-corrected chi connectivity index (χ4v) is 1.66. The van der Waals surface area contributed by atoms with E-state index in [-0.39, 0.29) is 6.10 Å². The smallest absolute Gasteiger partial charge is 0.0833 e. The molecule has 1 atom stereocenters. The number of aliphatic hydroxyl groups is 1. The van der Waals surface area contributed by atoms with Gasteiger partial charge in [-0.05, 0) is 40.8 Å². The van der Waals surface area contributed by atoms with Crippen molar-refractivity contribution in [1.29, 1.82) is 0 Å². The molecule has 0 saturated heterocycles. The summed E-state index contributed by atoms with van der Waals surface area (Å²) in [5, 5.41) is 9.72. The highest BCUT2D eigenvalue weighted by atomic mass is 79.9. The van der Waals surface area contributed by atoms with Crippen LogP contribution < -0.4 is 0 Å². The van der Waals surface area contributed by atoms with Crippen molar-refractivity contribution >= 4 is 15.9 Å². The zero-order valence-corrected chi connectivity index (χ0v) is 8.16. The van der Waals surface area contributed by atoms with E-state index in [0.717, 1.165) is 22.9 Å². The molecule has 0 spiro atoms. The van der Waals surface area contributed by atoms with Gasteiger partial charge in [0.25, 0.3) is 0 Å². The molecule has 1 saturated carbocycles. The van der Waals surface area contributed by atoms with Gasteiger partial charge in [-0.1, -0.05) is 0 Å². The lowest BCUT2D eigenvalue weighted by Crippen LogP contribution is -1.99. The third kappa shape index (κ3) is 1.67. The van der Waals surface area contributed by atoms with Gasteiger partial charge in [0, 0.05) is 22.4 Å². The Bertz CT molecular complexity index is 286. The van der Waals surface area contributed by atoms with E-state index in [0.29, 0.717) is 5.92 Å². The van der Waals surface area contributed by atoms with Crippen LogP contribution in [0.4, 0.5) is 0 Å². The van der Waals surface area contributed by atoms with E-state index in [2.05, 4.69) is 20.9 Å². The molecule has 0 radical (unpaired) electrons. The first-order valence-corrected chi connectivity index (χ1v) is 4.85. The number of rotatable bonds is 2. The standard InChI is InChI=1S/C9H10BrNO/c10-8-3-7(4-11-5-8)9(12)6-1-2-6/h3-6,9,12H,1-2H2. The van der Waals surface area contributed by atoms with Crippen molar-refractivity contribution in [1.82, 2.24) is 4.98 Å². The summed E-state index contributed by atoms with van der Waals surface area (Å²) in [7, 11) is 0. The van der Waals surface area contributed by atoms with Crippen LogP contribution in [0.5, 0.6) is 0 Å². The van der Waals surface area contributed by atoms with Gasteiger partial charge in [-0.15, -0.1) is 0 Å². The predicted molar refractivity (Wildman–Crippen MR) is 49.6 cm³/mol. The largest absolute Gasteiger partial charge is 0.388 e. The molecule has 3 heteroatoms. The topological polar surface area (TPSA) is 33.1 Å². The first-order valence-electron chi connectivity index (χ1n) is 4.06. The lowest BCUT2D eigenvalue weighted by atomic mass is 10.1. The summed E-state index contributed by atoms with van der Waals surface area (Å²) in [5.74, 6) is 0.473. The summed E-state index contributed by atoms with van der Waals surface area (Å²) in [6.07, 6.45) is 5.44. The minimum absolute atomic E-state index is 0.310. The minimum atomic E-state index is -0.310. The molecule has 0 aromatic carbocycles. The molecular formula is C9H10BrNO. The summed E-state index contributed by atoms with van der Waals surface area (Å²) < 4.78 is 0.930. The zero-order valence-electron chi connectivity index (χ0n) is 6.57. The van der Waals surface area contributed by atoms with Crippen LogP contribution in [0.15, 0.2) is 22.9 Å². The van der Waals surface area contributed by atoms with Crippen LogP contribution in [0.2, 0.25) is 0 Å². The molecule has 0 aliphatic heterocycles. The summed E-state index contributed by atoms with van der Waals surface area (Å²) in [6, 6.07) is 1.93. The lowest BCUT2D eigenvalue weighted by Gasteiger charge is -2.08. The van der Waals surface area contributed by atoms with Crippen LogP contribution in [0.1, 0.15) is 24.5 Å². The fourth-order valence-electron chi connectivity index (χ4n) is 1.27. The first kappa shape index (κ1) is 8.20. The molecule has 1 aliphatic carbocycles. The van der Waals surface area contributed by atoms with Gasteiger partial charge in [-0.25, -0.2) is 0 Å². The summed E-state index contributed by atoms with van der Waals surface area (Å²) in [6.45, 7) is 0. The number of pyridine rings is 1. The summed E-state index contributed by atoms with van der Waals surface area (Å²) in [4.78, 5) is 4.01. The lowest BCUT2D eigenvalue weighted by molar-refractivity contribution is 0.153. The number of hydrogen-bond donors (Lipinski definition) is 1. The molecular weight excluding hydrogens is 218 g/mol. The average molecular weight is 228 g/mol. The van der Waals surface area contributed by atoms with E-state index >= 15 is 0 Å². The van der Waals surface area contributed by atoms with E-state index in [4.69, 9.17) is 0 Å². The summed E-state index contributed by atoms with van der Waals surface area (Å²) in [5.41, 5.74) is 0.923. The Hall–Kier alpha value is -0.410. The van der Waals surface area contributed by atoms with E-state index in [1.165, 1.54) is 0 Å². The molecule has 1 heterocycles. The maximum Gasteiger partial charge on any atom is 0.0833 e. The van der Waals surface area contributed by atoms with Gasteiger partial charge in [0.05, 0.1) is 6.10 Å². The van der Waals surface area contributed by atoms with Gasteiger partial charge in [0.1, 0.15) is 0 Å². The van der Waals surface area contributed by atoms with Crippen molar-refractivity contribution in [2.24, 2.45) is 5.92 Å².